The summed E-state index contributed by atoms with van der Waals surface area (Å²) in [7, 11) is 0. The number of halogens is 3. The topological polar surface area (TPSA) is 9.23 Å². The molecular formula is C13H14ClF2O. The molecule has 1 heterocycles. The van der Waals surface area contributed by atoms with Gasteiger partial charge in [0, 0.05) is 25.7 Å². The molecule has 1 fully saturated rings. The van der Waals surface area contributed by atoms with E-state index in [1.165, 1.54) is 6.07 Å². The highest BCUT2D eigenvalue weighted by molar-refractivity contribution is 6.31. The third kappa shape index (κ3) is 2.96. The molecule has 1 saturated heterocycles. The number of benzene rings is 1. The first kappa shape index (κ1) is 12.8. The first-order chi connectivity index (χ1) is 7.98. The number of hydrogen-bond donors (Lipinski definition) is 0. The lowest BCUT2D eigenvalue weighted by molar-refractivity contribution is 0.0487. The van der Waals surface area contributed by atoms with Crippen molar-refractivity contribution in [2.45, 2.75) is 24.7 Å². The van der Waals surface area contributed by atoms with E-state index in [9.17, 15) is 8.78 Å². The predicted octanol–water partition coefficient (Wildman–Crippen LogP) is 4.16. The van der Waals surface area contributed by atoms with Gasteiger partial charge in [-0.15, -0.1) is 0 Å². The zero-order valence-corrected chi connectivity index (χ0v) is 10.1. The zero-order chi connectivity index (χ0) is 12.5. The SMILES string of the molecule is [CH2]C(F)(F)c1ccc(C2CCOCC2)cc1Cl. The molecule has 1 radical (unpaired) electrons. The van der Waals surface area contributed by atoms with Gasteiger partial charge in [0.15, 0.2) is 0 Å². The Kier molecular flexibility index (Phi) is 3.69. The molecular weight excluding hydrogens is 246 g/mol. The van der Waals surface area contributed by atoms with Gasteiger partial charge in [-0.3, -0.25) is 0 Å². The van der Waals surface area contributed by atoms with Crippen LogP contribution < -0.4 is 0 Å². The third-order valence-corrected chi connectivity index (χ3v) is 3.39. The second-order valence-corrected chi connectivity index (χ2v) is 4.74. The summed E-state index contributed by atoms with van der Waals surface area (Å²) in [6, 6.07) is 4.72. The molecule has 1 aromatic carbocycles. The van der Waals surface area contributed by atoms with Crippen molar-refractivity contribution in [2.75, 3.05) is 13.2 Å². The Hall–Kier alpha value is -0.670. The van der Waals surface area contributed by atoms with Gasteiger partial charge in [-0.1, -0.05) is 23.7 Å². The van der Waals surface area contributed by atoms with Gasteiger partial charge < -0.3 is 4.74 Å². The summed E-state index contributed by atoms with van der Waals surface area (Å²) in [5.74, 6) is -2.78. The molecule has 0 aromatic heterocycles. The van der Waals surface area contributed by atoms with E-state index in [-0.39, 0.29) is 10.6 Å². The van der Waals surface area contributed by atoms with E-state index in [2.05, 4.69) is 6.92 Å². The van der Waals surface area contributed by atoms with Crippen molar-refractivity contribution in [3.05, 3.63) is 41.3 Å². The van der Waals surface area contributed by atoms with Crippen LogP contribution in [0.3, 0.4) is 0 Å². The quantitative estimate of drug-likeness (QED) is 0.775. The minimum atomic E-state index is -3.13. The molecule has 93 valence electrons. The fraction of sp³-hybridized carbons (Fsp3) is 0.462. The zero-order valence-electron chi connectivity index (χ0n) is 9.39. The Balaban J connectivity index is 2.24. The van der Waals surface area contributed by atoms with Crippen LogP contribution in [-0.4, -0.2) is 13.2 Å². The largest absolute Gasteiger partial charge is 0.381 e. The van der Waals surface area contributed by atoms with Crippen molar-refractivity contribution >= 4 is 11.6 Å². The summed E-state index contributed by atoms with van der Waals surface area (Å²) in [4.78, 5) is 0. The second kappa shape index (κ2) is 4.91. The lowest BCUT2D eigenvalue weighted by atomic mass is 9.90. The molecule has 17 heavy (non-hydrogen) atoms. The molecule has 1 aromatic rings. The molecule has 0 unspecified atom stereocenters. The smallest absolute Gasteiger partial charge is 0.274 e. The van der Waals surface area contributed by atoms with Crippen LogP contribution in [0, 0.1) is 6.92 Å². The summed E-state index contributed by atoms with van der Waals surface area (Å²) in [5.41, 5.74) is 0.793. The van der Waals surface area contributed by atoms with Crippen LogP contribution in [0.2, 0.25) is 5.02 Å². The van der Waals surface area contributed by atoms with Gasteiger partial charge in [0.2, 0.25) is 0 Å². The highest BCUT2D eigenvalue weighted by atomic mass is 35.5. The van der Waals surface area contributed by atoms with E-state index >= 15 is 0 Å². The monoisotopic (exact) mass is 259 g/mol. The minimum absolute atomic E-state index is 0.0917. The van der Waals surface area contributed by atoms with Crippen molar-refractivity contribution in [1.82, 2.24) is 0 Å². The standard InChI is InChI=1S/C13H14ClF2O/c1-13(15,16)11-3-2-10(8-12(11)14)9-4-6-17-7-5-9/h2-3,8-9H,1,4-7H2. The first-order valence-electron chi connectivity index (χ1n) is 5.59. The van der Waals surface area contributed by atoms with Gasteiger partial charge in [0.25, 0.3) is 5.92 Å². The van der Waals surface area contributed by atoms with Gasteiger partial charge >= 0.3 is 0 Å². The van der Waals surface area contributed by atoms with E-state index in [0.717, 1.165) is 31.6 Å². The Bertz CT molecular complexity index is 395. The maximum atomic E-state index is 13.1. The molecule has 4 heteroatoms. The summed E-state index contributed by atoms with van der Waals surface area (Å²) in [6.07, 6.45) is 1.83. The van der Waals surface area contributed by atoms with E-state index in [1.54, 1.807) is 12.1 Å². The van der Waals surface area contributed by atoms with Crippen molar-refractivity contribution in [3.63, 3.8) is 0 Å². The van der Waals surface area contributed by atoms with Gasteiger partial charge in [0.05, 0.1) is 5.02 Å². The fourth-order valence-corrected chi connectivity index (χ4v) is 2.44. The molecule has 0 bridgehead atoms. The number of alkyl halides is 2. The van der Waals surface area contributed by atoms with Gasteiger partial charge in [-0.05, 0) is 30.4 Å². The van der Waals surface area contributed by atoms with Crippen LogP contribution in [0.5, 0.6) is 0 Å². The minimum Gasteiger partial charge on any atom is -0.381 e. The average Bonchev–Trinajstić information content (AvgIpc) is 2.28. The van der Waals surface area contributed by atoms with E-state index in [4.69, 9.17) is 16.3 Å². The molecule has 1 aliphatic heterocycles. The molecule has 0 saturated carbocycles. The Morgan fingerprint density at radius 3 is 2.47 bits per heavy atom. The molecule has 0 atom stereocenters. The van der Waals surface area contributed by atoms with Crippen LogP contribution in [0.4, 0.5) is 8.78 Å². The summed E-state index contributed by atoms with van der Waals surface area (Å²) < 4.78 is 31.4. The summed E-state index contributed by atoms with van der Waals surface area (Å²) in [6.45, 7) is 4.24. The highest BCUT2D eigenvalue weighted by Crippen LogP contribution is 2.36. The second-order valence-electron chi connectivity index (χ2n) is 4.33. The Morgan fingerprint density at radius 1 is 1.29 bits per heavy atom. The Labute approximate surface area is 105 Å². The molecule has 1 nitrogen and oxygen atoms in total. The van der Waals surface area contributed by atoms with Crippen molar-refractivity contribution in [2.24, 2.45) is 0 Å². The van der Waals surface area contributed by atoms with Crippen LogP contribution in [0.1, 0.15) is 29.9 Å². The number of rotatable bonds is 2. The highest BCUT2D eigenvalue weighted by Gasteiger charge is 2.28. The molecule has 0 amide bonds. The van der Waals surface area contributed by atoms with Crippen LogP contribution in [0.15, 0.2) is 18.2 Å². The summed E-state index contributed by atoms with van der Waals surface area (Å²) in [5, 5.41) is 0.0917. The first-order valence-corrected chi connectivity index (χ1v) is 5.97. The molecule has 0 spiro atoms. The normalized spacial score (nSPS) is 18.4. The Morgan fingerprint density at radius 2 is 1.94 bits per heavy atom. The van der Waals surface area contributed by atoms with Crippen LogP contribution >= 0.6 is 11.6 Å². The predicted molar refractivity (Wildman–Crippen MR) is 63.5 cm³/mol. The van der Waals surface area contributed by atoms with Crippen LogP contribution in [-0.2, 0) is 10.7 Å². The van der Waals surface area contributed by atoms with Gasteiger partial charge in [-0.25, -0.2) is 8.78 Å². The van der Waals surface area contributed by atoms with Crippen molar-refractivity contribution in [3.8, 4) is 0 Å². The molecule has 0 aliphatic carbocycles. The van der Waals surface area contributed by atoms with E-state index in [0.29, 0.717) is 5.92 Å². The lowest BCUT2D eigenvalue weighted by Crippen LogP contribution is -2.15. The summed E-state index contributed by atoms with van der Waals surface area (Å²) >= 11 is 5.88. The number of hydrogen-bond acceptors (Lipinski definition) is 1. The lowest BCUT2D eigenvalue weighted by Gasteiger charge is -2.23. The average molecular weight is 260 g/mol. The van der Waals surface area contributed by atoms with Crippen molar-refractivity contribution in [1.29, 1.82) is 0 Å². The molecule has 2 rings (SSSR count). The molecule has 1 aliphatic rings. The van der Waals surface area contributed by atoms with Gasteiger partial charge in [0.1, 0.15) is 0 Å². The maximum absolute atomic E-state index is 13.1. The van der Waals surface area contributed by atoms with E-state index in [1.807, 2.05) is 0 Å². The fourth-order valence-electron chi connectivity index (χ4n) is 2.11. The third-order valence-electron chi connectivity index (χ3n) is 3.08. The number of ether oxygens (including phenoxy) is 1. The van der Waals surface area contributed by atoms with Gasteiger partial charge in [-0.2, -0.15) is 0 Å². The van der Waals surface area contributed by atoms with E-state index < -0.39 is 5.92 Å². The van der Waals surface area contributed by atoms with Crippen LogP contribution in [0.25, 0.3) is 0 Å². The molecule has 0 N–H and O–H groups in total. The van der Waals surface area contributed by atoms with Crippen molar-refractivity contribution < 1.29 is 13.5 Å². The maximum Gasteiger partial charge on any atom is 0.274 e.